The number of benzene rings is 1. The Morgan fingerprint density at radius 1 is 1.23 bits per heavy atom. The fourth-order valence-electron chi connectivity index (χ4n) is 4.60. The Morgan fingerprint density at radius 3 is 2.64 bits per heavy atom. The number of pyridine rings is 1. The molecule has 3 heterocycles. The molecule has 0 saturated carbocycles. The molecule has 0 bridgehead atoms. The number of anilines is 3. The summed E-state index contributed by atoms with van der Waals surface area (Å²) in [6.07, 6.45) is 1.34. The molecule has 1 aromatic carbocycles. The average molecular weight is 536 g/mol. The standard InChI is InChI=1S/C28H34FN7O3/c1-6-35(7-2)26(37)20-11-19(12-21(30)13-20)22-14-32-23(10-16(22)3)18(5)33-27-31-9-8-25(34-27)36-24(17(4)29)15-39-28(36)38/h8-14,17-18,24H,6-7,15,30H2,1-5H3,(H,31,33,34)/t17-,18-,24+/m0/s1. The van der Waals surface area contributed by atoms with E-state index in [1.165, 1.54) is 18.0 Å². The fraction of sp³-hybridized carbons (Fsp3) is 0.393. The minimum Gasteiger partial charge on any atom is -0.447 e. The van der Waals surface area contributed by atoms with Crippen LogP contribution in [0.25, 0.3) is 11.1 Å². The number of amides is 2. The zero-order valence-electron chi connectivity index (χ0n) is 22.8. The van der Waals surface area contributed by atoms with Gasteiger partial charge in [-0.3, -0.25) is 14.7 Å². The molecule has 0 radical (unpaired) electrons. The molecule has 11 heteroatoms. The predicted molar refractivity (Wildman–Crippen MR) is 148 cm³/mol. The maximum absolute atomic E-state index is 14.0. The Labute approximate surface area is 227 Å². The van der Waals surface area contributed by atoms with Gasteiger partial charge in [0.05, 0.1) is 11.7 Å². The molecule has 0 unspecified atom stereocenters. The van der Waals surface area contributed by atoms with Gasteiger partial charge >= 0.3 is 6.09 Å². The summed E-state index contributed by atoms with van der Waals surface area (Å²) >= 11 is 0. The second-order valence-corrected chi connectivity index (χ2v) is 9.54. The van der Waals surface area contributed by atoms with Gasteiger partial charge in [-0.15, -0.1) is 0 Å². The number of hydrogen-bond acceptors (Lipinski definition) is 8. The van der Waals surface area contributed by atoms with Crippen LogP contribution in [0.4, 0.5) is 26.6 Å². The van der Waals surface area contributed by atoms with E-state index in [0.29, 0.717) is 24.3 Å². The van der Waals surface area contributed by atoms with Crippen molar-refractivity contribution >= 4 is 29.5 Å². The maximum Gasteiger partial charge on any atom is 0.416 e. The molecule has 1 saturated heterocycles. The van der Waals surface area contributed by atoms with Crippen LogP contribution >= 0.6 is 0 Å². The molecule has 206 valence electrons. The summed E-state index contributed by atoms with van der Waals surface area (Å²) in [6, 6.07) is 7.83. The predicted octanol–water partition coefficient (Wildman–Crippen LogP) is 4.77. The number of hydrogen-bond donors (Lipinski definition) is 2. The summed E-state index contributed by atoms with van der Waals surface area (Å²) in [7, 11) is 0. The van der Waals surface area contributed by atoms with Gasteiger partial charge in [0.1, 0.15) is 24.6 Å². The van der Waals surface area contributed by atoms with Crippen LogP contribution in [-0.4, -0.2) is 63.8 Å². The lowest BCUT2D eigenvalue weighted by Gasteiger charge is -2.22. The molecule has 1 fully saturated rings. The van der Waals surface area contributed by atoms with Crippen LogP contribution in [0, 0.1) is 6.92 Å². The highest BCUT2D eigenvalue weighted by atomic mass is 19.1. The van der Waals surface area contributed by atoms with Crippen molar-refractivity contribution in [3.05, 3.63) is 59.5 Å². The highest BCUT2D eigenvalue weighted by Crippen LogP contribution is 2.29. The lowest BCUT2D eigenvalue weighted by Crippen LogP contribution is -2.39. The second kappa shape index (κ2) is 11.6. The van der Waals surface area contributed by atoms with Crippen LogP contribution in [0.3, 0.4) is 0 Å². The normalized spacial score (nSPS) is 16.5. The smallest absolute Gasteiger partial charge is 0.416 e. The van der Waals surface area contributed by atoms with E-state index < -0.39 is 18.3 Å². The molecule has 3 N–H and O–H groups in total. The summed E-state index contributed by atoms with van der Waals surface area (Å²) in [6.45, 7) is 10.3. The van der Waals surface area contributed by atoms with Crippen LogP contribution in [0.15, 0.2) is 42.7 Å². The Hall–Kier alpha value is -4.28. The van der Waals surface area contributed by atoms with Gasteiger partial charge in [-0.1, -0.05) is 0 Å². The van der Waals surface area contributed by atoms with Crippen molar-refractivity contribution in [3.8, 4) is 11.1 Å². The second-order valence-electron chi connectivity index (χ2n) is 9.54. The fourth-order valence-corrected chi connectivity index (χ4v) is 4.60. The molecule has 0 aliphatic carbocycles. The minimum absolute atomic E-state index is 0.0343. The van der Waals surface area contributed by atoms with Gasteiger partial charge in [0, 0.05) is 42.3 Å². The van der Waals surface area contributed by atoms with Crippen molar-refractivity contribution in [2.75, 3.05) is 35.6 Å². The summed E-state index contributed by atoms with van der Waals surface area (Å²) in [5.41, 5.74) is 10.6. The van der Waals surface area contributed by atoms with Crippen molar-refractivity contribution < 1.29 is 18.7 Å². The van der Waals surface area contributed by atoms with Gasteiger partial charge in [-0.2, -0.15) is 4.98 Å². The summed E-state index contributed by atoms with van der Waals surface area (Å²) in [5, 5.41) is 3.20. The van der Waals surface area contributed by atoms with E-state index in [9.17, 15) is 14.0 Å². The molecule has 3 aromatic rings. The lowest BCUT2D eigenvalue weighted by atomic mass is 9.98. The zero-order valence-corrected chi connectivity index (χ0v) is 22.8. The van der Waals surface area contributed by atoms with Crippen molar-refractivity contribution in [2.24, 2.45) is 0 Å². The van der Waals surface area contributed by atoms with Crippen LogP contribution in [0.2, 0.25) is 0 Å². The molecular weight excluding hydrogens is 501 g/mol. The SMILES string of the molecule is CCN(CC)C(=O)c1cc(N)cc(-c2cnc([C@H](C)Nc3nccc(N4C(=O)OC[C@@H]4[C@H](C)F)n3)cc2C)c1. The zero-order chi connectivity index (χ0) is 28.3. The number of alkyl halides is 1. The third kappa shape index (κ3) is 5.92. The molecule has 1 aliphatic rings. The van der Waals surface area contributed by atoms with Crippen molar-refractivity contribution in [2.45, 2.75) is 52.9 Å². The molecule has 3 atom stereocenters. The number of carbonyl (C=O) groups is 2. The van der Waals surface area contributed by atoms with Crippen molar-refractivity contribution in [1.29, 1.82) is 0 Å². The Balaban J connectivity index is 1.55. The van der Waals surface area contributed by atoms with Crippen LogP contribution in [0.5, 0.6) is 0 Å². The molecule has 4 rings (SSSR count). The first kappa shape index (κ1) is 27.7. The first-order valence-corrected chi connectivity index (χ1v) is 13.0. The van der Waals surface area contributed by atoms with Gasteiger partial charge in [-0.25, -0.2) is 14.2 Å². The van der Waals surface area contributed by atoms with Crippen molar-refractivity contribution in [1.82, 2.24) is 19.9 Å². The Bertz CT molecular complexity index is 1360. The van der Waals surface area contributed by atoms with E-state index >= 15 is 0 Å². The van der Waals surface area contributed by atoms with Crippen LogP contribution in [-0.2, 0) is 4.74 Å². The van der Waals surface area contributed by atoms with E-state index in [4.69, 9.17) is 10.5 Å². The van der Waals surface area contributed by atoms with E-state index in [0.717, 1.165) is 22.4 Å². The van der Waals surface area contributed by atoms with Gasteiger partial charge < -0.3 is 20.7 Å². The van der Waals surface area contributed by atoms with E-state index in [1.54, 1.807) is 23.2 Å². The molecule has 2 aromatic heterocycles. The molecule has 1 aliphatic heterocycles. The number of halogens is 1. The van der Waals surface area contributed by atoms with Crippen LogP contribution in [0.1, 0.15) is 55.4 Å². The average Bonchev–Trinajstić information content (AvgIpc) is 3.30. The number of cyclic esters (lactones) is 1. The van der Waals surface area contributed by atoms with E-state index in [1.807, 2.05) is 45.9 Å². The van der Waals surface area contributed by atoms with Gasteiger partial charge in [-0.05, 0) is 76.1 Å². The monoisotopic (exact) mass is 535 g/mol. The van der Waals surface area contributed by atoms with E-state index in [-0.39, 0.29) is 30.3 Å². The maximum atomic E-state index is 14.0. The number of rotatable bonds is 9. The molecule has 10 nitrogen and oxygen atoms in total. The highest BCUT2D eigenvalue weighted by Gasteiger charge is 2.39. The van der Waals surface area contributed by atoms with Gasteiger partial charge in [0.2, 0.25) is 5.95 Å². The topological polar surface area (TPSA) is 127 Å². The quantitative estimate of drug-likeness (QED) is 0.375. The number of carbonyl (C=O) groups excluding carboxylic acids is 2. The Morgan fingerprint density at radius 2 is 1.97 bits per heavy atom. The van der Waals surface area contributed by atoms with Crippen molar-refractivity contribution in [3.63, 3.8) is 0 Å². The number of nitrogens with one attached hydrogen (secondary N) is 1. The molecule has 0 spiro atoms. The lowest BCUT2D eigenvalue weighted by molar-refractivity contribution is 0.0773. The largest absolute Gasteiger partial charge is 0.447 e. The first-order chi connectivity index (χ1) is 18.6. The Kier molecular flexibility index (Phi) is 8.27. The number of aromatic nitrogens is 3. The number of nitrogen functional groups attached to an aromatic ring is 1. The number of aryl methyl sites for hydroxylation is 1. The summed E-state index contributed by atoms with van der Waals surface area (Å²) in [4.78, 5) is 41.4. The molecular formula is C28H34FN7O3. The third-order valence-corrected chi connectivity index (χ3v) is 6.81. The van der Waals surface area contributed by atoms with Gasteiger partial charge in [0.15, 0.2) is 0 Å². The molecule has 2 amide bonds. The van der Waals surface area contributed by atoms with E-state index in [2.05, 4.69) is 20.3 Å². The minimum atomic E-state index is -1.28. The molecule has 39 heavy (non-hydrogen) atoms. The number of nitrogens with two attached hydrogens (primary N) is 1. The summed E-state index contributed by atoms with van der Waals surface area (Å²) < 4.78 is 19.0. The number of ether oxygens (including phenoxy) is 1. The number of nitrogens with zero attached hydrogens (tertiary/aromatic N) is 5. The van der Waals surface area contributed by atoms with Crippen LogP contribution < -0.4 is 16.0 Å². The first-order valence-electron chi connectivity index (χ1n) is 13.0. The van der Waals surface area contributed by atoms with Gasteiger partial charge in [0.25, 0.3) is 5.91 Å². The highest BCUT2D eigenvalue weighted by molar-refractivity contribution is 5.96. The summed E-state index contributed by atoms with van der Waals surface area (Å²) in [5.74, 6) is 0.460. The third-order valence-electron chi connectivity index (χ3n) is 6.81.